The van der Waals surface area contributed by atoms with Crippen molar-refractivity contribution in [2.24, 2.45) is 0 Å². The predicted octanol–water partition coefficient (Wildman–Crippen LogP) is 4.29. The number of Topliss-reactive ketones (excluding diaryl/α,β-unsaturated/α-hetero) is 1. The van der Waals surface area contributed by atoms with Gasteiger partial charge in [0, 0.05) is 69.2 Å². The molecule has 1 saturated heterocycles. The number of aromatic nitrogens is 4. The fraction of sp³-hybridized carbons (Fsp3) is 0.357. The van der Waals surface area contributed by atoms with E-state index in [0.29, 0.717) is 12.0 Å². The molecule has 35 heavy (non-hydrogen) atoms. The zero-order chi connectivity index (χ0) is 24.0. The first-order valence-corrected chi connectivity index (χ1v) is 12.4. The van der Waals surface area contributed by atoms with Crippen LogP contribution in [0.15, 0.2) is 67.3 Å². The Bertz CT molecular complexity index is 1260. The average molecular weight is 469 g/mol. The van der Waals surface area contributed by atoms with E-state index in [0.717, 1.165) is 80.1 Å². The van der Waals surface area contributed by atoms with Crippen molar-refractivity contribution in [1.29, 1.82) is 0 Å². The van der Waals surface area contributed by atoms with Gasteiger partial charge in [0.25, 0.3) is 0 Å². The Hall–Kier alpha value is -3.42. The molecule has 0 aliphatic carbocycles. The number of carbonyl (C=O) groups is 1. The molecule has 7 heteroatoms. The van der Waals surface area contributed by atoms with Crippen molar-refractivity contribution in [3.63, 3.8) is 0 Å². The van der Waals surface area contributed by atoms with Crippen LogP contribution in [0, 0.1) is 0 Å². The van der Waals surface area contributed by atoms with Crippen molar-refractivity contribution in [2.75, 3.05) is 33.2 Å². The van der Waals surface area contributed by atoms with Gasteiger partial charge in [-0.2, -0.15) is 0 Å². The van der Waals surface area contributed by atoms with Gasteiger partial charge >= 0.3 is 0 Å². The standard InChI is InChI=1S/C28H32N6O/c1-32-15-17-33(18-16-32)20-26-28(22-7-3-2-4-8-22)31-25-19-23(10-11-24(25)30-26)27(35)9-5-6-13-34-14-12-29-21-34/h2-4,7-8,10-12,14,19,21H,5-6,9,13,15-18,20H2,1H3. The lowest BCUT2D eigenvalue weighted by molar-refractivity contribution is 0.0979. The van der Waals surface area contributed by atoms with Gasteiger partial charge in [-0.15, -0.1) is 0 Å². The Morgan fingerprint density at radius 3 is 2.54 bits per heavy atom. The lowest BCUT2D eigenvalue weighted by Gasteiger charge is -2.32. The zero-order valence-electron chi connectivity index (χ0n) is 20.3. The van der Waals surface area contributed by atoms with Gasteiger partial charge in [-0.1, -0.05) is 30.3 Å². The molecule has 0 unspecified atom stereocenters. The average Bonchev–Trinajstić information content (AvgIpc) is 3.41. The molecule has 0 amide bonds. The van der Waals surface area contributed by atoms with Crippen LogP contribution in [0.3, 0.4) is 0 Å². The summed E-state index contributed by atoms with van der Waals surface area (Å²) in [6.45, 7) is 5.84. The number of fused-ring (bicyclic) bond motifs is 1. The Labute approximate surface area is 206 Å². The largest absolute Gasteiger partial charge is 0.337 e. The summed E-state index contributed by atoms with van der Waals surface area (Å²) in [6.07, 6.45) is 7.86. The normalized spacial score (nSPS) is 15.0. The predicted molar refractivity (Wildman–Crippen MR) is 138 cm³/mol. The van der Waals surface area contributed by atoms with E-state index in [4.69, 9.17) is 9.97 Å². The maximum atomic E-state index is 12.9. The lowest BCUT2D eigenvalue weighted by Crippen LogP contribution is -2.44. The number of imidazole rings is 1. The Balaban J connectivity index is 1.36. The fourth-order valence-electron chi connectivity index (χ4n) is 4.56. The molecule has 180 valence electrons. The highest BCUT2D eigenvalue weighted by molar-refractivity contribution is 5.99. The summed E-state index contributed by atoms with van der Waals surface area (Å²) in [6, 6.07) is 16.0. The highest BCUT2D eigenvalue weighted by Crippen LogP contribution is 2.25. The van der Waals surface area contributed by atoms with Gasteiger partial charge in [0.1, 0.15) is 0 Å². The molecule has 1 aliphatic rings. The maximum Gasteiger partial charge on any atom is 0.162 e. The molecule has 0 atom stereocenters. The number of aryl methyl sites for hydroxylation is 1. The van der Waals surface area contributed by atoms with Gasteiger partial charge in [0.05, 0.1) is 28.7 Å². The van der Waals surface area contributed by atoms with Crippen molar-refractivity contribution in [2.45, 2.75) is 32.4 Å². The van der Waals surface area contributed by atoms with E-state index in [9.17, 15) is 4.79 Å². The minimum absolute atomic E-state index is 0.155. The molecule has 1 fully saturated rings. The molecule has 7 nitrogen and oxygen atoms in total. The summed E-state index contributed by atoms with van der Waals surface area (Å²) in [7, 11) is 2.17. The second kappa shape index (κ2) is 10.9. The van der Waals surface area contributed by atoms with Crippen LogP contribution in [0.1, 0.15) is 35.3 Å². The quantitative estimate of drug-likeness (QED) is 0.270. The van der Waals surface area contributed by atoms with Gasteiger partial charge in [-0.25, -0.2) is 15.0 Å². The lowest BCUT2D eigenvalue weighted by atomic mass is 10.0. The van der Waals surface area contributed by atoms with Crippen LogP contribution in [0.25, 0.3) is 22.3 Å². The van der Waals surface area contributed by atoms with Crippen molar-refractivity contribution in [1.82, 2.24) is 29.3 Å². The number of hydrogen-bond acceptors (Lipinski definition) is 6. The van der Waals surface area contributed by atoms with Crippen LogP contribution in [-0.2, 0) is 13.1 Å². The third-order valence-corrected chi connectivity index (χ3v) is 6.70. The Kier molecular flexibility index (Phi) is 7.25. The van der Waals surface area contributed by atoms with Crippen LogP contribution >= 0.6 is 0 Å². The van der Waals surface area contributed by atoms with E-state index in [1.807, 2.05) is 53.5 Å². The van der Waals surface area contributed by atoms with E-state index >= 15 is 0 Å². The molecule has 2 aromatic carbocycles. The van der Waals surface area contributed by atoms with Gasteiger partial charge in [0.15, 0.2) is 5.78 Å². The van der Waals surface area contributed by atoms with Crippen LogP contribution in [-0.4, -0.2) is 68.3 Å². The van der Waals surface area contributed by atoms with E-state index < -0.39 is 0 Å². The topological polar surface area (TPSA) is 67.2 Å². The molecular weight excluding hydrogens is 436 g/mol. The molecule has 0 spiro atoms. The van der Waals surface area contributed by atoms with Crippen molar-refractivity contribution in [3.05, 3.63) is 78.5 Å². The summed E-state index contributed by atoms with van der Waals surface area (Å²) in [5, 5.41) is 0. The number of carbonyl (C=O) groups excluding carboxylic acids is 1. The third kappa shape index (κ3) is 5.81. The summed E-state index contributed by atoms with van der Waals surface area (Å²) in [5.41, 5.74) is 5.28. The molecule has 1 aliphatic heterocycles. The monoisotopic (exact) mass is 468 g/mol. The van der Waals surface area contributed by atoms with Crippen LogP contribution in [0.4, 0.5) is 0 Å². The minimum atomic E-state index is 0.155. The summed E-state index contributed by atoms with van der Waals surface area (Å²) in [4.78, 5) is 31.8. The number of ketones is 1. The van der Waals surface area contributed by atoms with Gasteiger partial charge in [-0.3, -0.25) is 9.69 Å². The summed E-state index contributed by atoms with van der Waals surface area (Å²) < 4.78 is 2.04. The number of piperazine rings is 1. The first kappa shape index (κ1) is 23.3. The second-order valence-corrected chi connectivity index (χ2v) is 9.35. The summed E-state index contributed by atoms with van der Waals surface area (Å²) in [5.74, 6) is 0.155. The van der Waals surface area contributed by atoms with E-state index in [2.05, 4.69) is 34.0 Å². The first-order valence-electron chi connectivity index (χ1n) is 12.4. The van der Waals surface area contributed by atoms with Crippen LogP contribution in [0.5, 0.6) is 0 Å². The molecule has 3 heterocycles. The molecular formula is C28H32N6O. The number of hydrogen-bond donors (Lipinski definition) is 0. The number of nitrogens with zero attached hydrogens (tertiary/aromatic N) is 6. The number of benzene rings is 2. The third-order valence-electron chi connectivity index (χ3n) is 6.70. The van der Waals surface area contributed by atoms with E-state index in [1.54, 1.807) is 6.20 Å². The van der Waals surface area contributed by atoms with Crippen LogP contribution in [0.2, 0.25) is 0 Å². The molecule has 4 aromatic rings. The van der Waals surface area contributed by atoms with Crippen molar-refractivity contribution >= 4 is 16.8 Å². The smallest absolute Gasteiger partial charge is 0.162 e. The number of rotatable bonds is 9. The number of unbranched alkanes of at least 4 members (excludes halogenated alkanes) is 1. The molecule has 5 rings (SSSR count). The van der Waals surface area contributed by atoms with Gasteiger partial charge in [-0.05, 0) is 38.1 Å². The maximum absolute atomic E-state index is 12.9. The Morgan fingerprint density at radius 1 is 0.943 bits per heavy atom. The van der Waals surface area contributed by atoms with Gasteiger partial charge < -0.3 is 9.47 Å². The van der Waals surface area contributed by atoms with Gasteiger partial charge in [0.2, 0.25) is 0 Å². The van der Waals surface area contributed by atoms with Crippen LogP contribution < -0.4 is 0 Å². The SMILES string of the molecule is CN1CCN(Cc2nc3ccc(C(=O)CCCCn4ccnc4)cc3nc2-c2ccccc2)CC1. The molecule has 2 aromatic heterocycles. The molecule has 0 radical (unpaired) electrons. The highest BCUT2D eigenvalue weighted by Gasteiger charge is 2.19. The number of likely N-dealkylation sites (N-methyl/N-ethyl adjacent to an activating group) is 1. The Morgan fingerprint density at radius 2 is 1.77 bits per heavy atom. The first-order chi connectivity index (χ1) is 17.2. The molecule has 0 bridgehead atoms. The molecule has 0 saturated carbocycles. The summed E-state index contributed by atoms with van der Waals surface area (Å²) >= 11 is 0. The van der Waals surface area contributed by atoms with E-state index in [1.165, 1.54) is 0 Å². The second-order valence-electron chi connectivity index (χ2n) is 9.35. The molecule has 0 N–H and O–H groups in total. The van der Waals surface area contributed by atoms with E-state index in [-0.39, 0.29) is 5.78 Å². The fourth-order valence-corrected chi connectivity index (χ4v) is 4.56. The minimum Gasteiger partial charge on any atom is -0.337 e. The zero-order valence-corrected chi connectivity index (χ0v) is 20.3. The van der Waals surface area contributed by atoms with Crippen molar-refractivity contribution in [3.8, 4) is 11.3 Å². The van der Waals surface area contributed by atoms with Crippen molar-refractivity contribution < 1.29 is 4.79 Å². The highest BCUT2D eigenvalue weighted by atomic mass is 16.1.